The number of anilines is 3. The van der Waals surface area contributed by atoms with Crippen LogP contribution in [0.25, 0.3) is 10.9 Å². The molecule has 6 N–H and O–H groups in total. The van der Waals surface area contributed by atoms with Crippen LogP contribution >= 0.6 is 0 Å². The van der Waals surface area contributed by atoms with Crippen molar-refractivity contribution in [1.82, 2.24) is 9.97 Å². The Hall–Kier alpha value is -3.75. The van der Waals surface area contributed by atoms with Crippen molar-refractivity contribution < 1.29 is 14.0 Å². The summed E-state index contributed by atoms with van der Waals surface area (Å²) in [5.41, 5.74) is 12.2. The van der Waals surface area contributed by atoms with E-state index in [1.807, 2.05) is 20.8 Å². The Kier molecular flexibility index (Phi) is 6.05. The molecule has 0 fully saturated rings. The lowest BCUT2D eigenvalue weighted by molar-refractivity contribution is -0.119. The van der Waals surface area contributed by atoms with Crippen LogP contribution < -0.4 is 22.1 Å². The molecule has 3 rings (SSSR count). The second-order valence-corrected chi connectivity index (χ2v) is 8.51. The molecule has 0 aliphatic heterocycles. The standard InChI is InChI=1S/C22H25FN6O2/c1-22(2,3)10-17(20(24)30)29-14-9-16(19(21(25)31)27-11-14)28-13-7-12-5-4-6-26-18(12)15(23)8-13/h4-9,11,17,28-29H,10H2,1-3H3,(H2,24,30)(H2,25,31)/t17-/m1/s1. The van der Waals surface area contributed by atoms with Gasteiger partial charge in [0, 0.05) is 17.3 Å². The van der Waals surface area contributed by atoms with Gasteiger partial charge in [0.2, 0.25) is 5.91 Å². The zero-order valence-electron chi connectivity index (χ0n) is 17.6. The summed E-state index contributed by atoms with van der Waals surface area (Å²) in [6.07, 6.45) is 3.40. The number of nitrogens with one attached hydrogen (secondary N) is 2. The molecule has 1 atom stereocenters. The first-order valence-corrected chi connectivity index (χ1v) is 9.70. The Morgan fingerprint density at radius 1 is 1.13 bits per heavy atom. The molecule has 9 heteroatoms. The smallest absolute Gasteiger partial charge is 0.269 e. The van der Waals surface area contributed by atoms with E-state index in [0.717, 1.165) is 0 Å². The van der Waals surface area contributed by atoms with Gasteiger partial charge in [0.05, 0.1) is 17.6 Å². The van der Waals surface area contributed by atoms with Crippen LogP contribution in [0.5, 0.6) is 0 Å². The number of nitrogens with two attached hydrogens (primary N) is 2. The molecule has 2 amide bonds. The average molecular weight is 424 g/mol. The Bertz CT molecular complexity index is 1140. The number of primary amides is 2. The number of hydrogen-bond acceptors (Lipinski definition) is 6. The van der Waals surface area contributed by atoms with Crippen molar-refractivity contribution in [2.24, 2.45) is 16.9 Å². The van der Waals surface area contributed by atoms with Crippen LogP contribution in [0.2, 0.25) is 0 Å². The molecular formula is C22H25FN6O2. The van der Waals surface area contributed by atoms with E-state index in [2.05, 4.69) is 20.6 Å². The fourth-order valence-electron chi connectivity index (χ4n) is 3.25. The number of benzene rings is 1. The SMILES string of the molecule is CC(C)(C)C[C@@H](Nc1cnc(C(N)=O)c(Nc2cc(F)c3ncccc3c2)c1)C(N)=O. The maximum atomic E-state index is 14.4. The van der Waals surface area contributed by atoms with Crippen LogP contribution in [-0.4, -0.2) is 27.8 Å². The molecule has 0 saturated heterocycles. The number of aromatic nitrogens is 2. The number of amides is 2. The first-order valence-electron chi connectivity index (χ1n) is 9.70. The Labute approximate surface area is 179 Å². The molecular weight excluding hydrogens is 399 g/mol. The summed E-state index contributed by atoms with van der Waals surface area (Å²) in [6.45, 7) is 5.99. The number of hydrogen-bond donors (Lipinski definition) is 4. The number of carbonyl (C=O) groups excluding carboxylic acids is 2. The highest BCUT2D eigenvalue weighted by Crippen LogP contribution is 2.28. The Balaban J connectivity index is 1.95. The van der Waals surface area contributed by atoms with E-state index in [1.54, 1.807) is 24.3 Å². The second-order valence-electron chi connectivity index (χ2n) is 8.51. The molecule has 0 radical (unpaired) electrons. The van der Waals surface area contributed by atoms with Crippen LogP contribution in [0.1, 0.15) is 37.7 Å². The largest absolute Gasteiger partial charge is 0.372 e. The minimum absolute atomic E-state index is 0.0244. The van der Waals surface area contributed by atoms with Crippen LogP contribution in [-0.2, 0) is 4.79 Å². The topological polar surface area (TPSA) is 136 Å². The van der Waals surface area contributed by atoms with Crippen molar-refractivity contribution in [3.63, 3.8) is 0 Å². The number of nitrogens with zero attached hydrogens (tertiary/aromatic N) is 2. The zero-order valence-corrected chi connectivity index (χ0v) is 17.6. The van der Waals surface area contributed by atoms with E-state index in [4.69, 9.17) is 11.5 Å². The van der Waals surface area contributed by atoms with Crippen molar-refractivity contribution in [3.05, 3.63) is 54.2 Å². The van der Waals surface area contributed by atoms with Gasteiger partial charge in [0.1, 0.15) is 11.6 Å². The third kappa shape index (κ3) is 5.44. The van der Waals surface area contributed by atoms with E-state index in [9.17, 15) is 14.0 Å². The van der Waals surface area contributed by atoms with Crippen LogP contribution in [0.3, 0.4) is 0 Å². The summed E-state index contributed by atoms with van der Waals surface area (Å²) in [4.78, 5) is 31.9. The maximum Gasteiger partial charge on any atom is 0.269 e. The van der Waals surface area contributed by atoms with Crippen molar-refractivity contribution in [2.75, 3.05) is 10.6 Å². The van der Waals surface area contributed by atoms with Gasteiger partial charge in [-0.3, -0.25) is 14.6 Å². The minimum Gasteiger partial charge on any atom is -0.372 e. The number of halogens is 1. The molecule has 3 aromatic rings. The highest BCUT2D eigenvalue weighted by atomic mass is 19.1. The molecule has 0 saturated carbocycles. The molecule has 0 aliphatic carbocycles. The number of carbonyl (C=O) groups is 2. The molecule has 0 unspecified atom stereocenters. The third-order valence-electron chi connectivity index (χ3n) is 4.56. The number of fused-ring (bicyclic) bond motifs is 1. The first-order chi connectivity index (χ1) is 14.5. The second kappa shape index (κ2) is 8.55. The lowest BCUT2D eigenvalue weighted by atomic mass is 9.88. The maximum absolute atomic E-state index is 14.4. The highest BCUT2D eigenvalue weighted by Gasteiger charge is 2.23. The molecule has 0 aliphatic rings. The van der Waals surface area contributed by atoms with Crippen molar-refractivity contribution in [1.29, 1.82) is 0 Å². The fraction of sp³-hybridized carbons (Fsp3) is 0.273. The van der Waals surface area contributed by atoms with Gasteiger partial charge in [0.15, 0.2) is 11.5 Å². The van der Waals surface area contributed by atoms with Crippen LogP contribution in [0.4, 0.5) is 21.5 Å². The Morgan fingerprint density at radius 3 is 2.52 bits per heavy atom. The molecule has 0 bridgehead atoms. The van der Waals surface area contributed by atoms with E-state index in [0.29, 0.717) is 23.2 Å². The van der Waals surface area contributed by atoms with Gasteiger partial charge in [-0.2, -0.15) is 0 Å². The number of pyridine rings is 2. The predicted molar refractivity (Wildman–Crippen MR) is 118 cm³/mol. The molecule has 0 spiro atoms. The molecule has 2 aromatic heterocycles. The third-order valence-corrected chi connectivity index (χ3v) is 4.56. The first kappa shape index (κ1) is 21.9. The monoisotopic (exact) mass is 424 g/mol. The van der Waals surface area contributed by atoms with Crippen molar-refractivity contribution in [3.8, 4) is 0 Å². The van der Waals surface area contributed by atoms with Gasteiger partial charge >= 0.3 is 0 Å². The summed E-state index contributed by atoms with van der Waals surface area (Å²) in [5, 5.41) is 6.64. The quantitative estimate of drug-likeness (QED) is 0.459. The van der Waals surface area contributed by atoms with E-state index in [1.165, 1.54) is 18.5 Å². The van der Waals surface area contributed by atoms with E-state index in [-0.39, 0.29) is 22.3 Å². The highest BCUT2D eigenvalue weighted by molar-refractivity contribution is 5.98. The summed E-state index contributed by atoms with van der Waals surface area (Å²) in [5.74, 6) is -1.77. The lowest BCUT2D eigenvalue weighted by Crippen LogP contribution is -2.38. The van der Waals surface area contributed by atoms with Gasteiger partial charge in [0.25, 0.3) is 5.91 Å². The summed E-state index contributed by atoms with van der Waals surface area (Å²) < 4.78 is 14.4. The average Bonchev–Trinajstić information content (AvgIpc) is 2.66. The van der Waals surface area contributed by atoms with Crippen molar-refractivity contribution >= 4 is 39.8 Å². The molecule has 1 aromatic carbocycles. The Morgan fingerprint density at radius 2 is 1.87 bits per heavy atom. The molecule has 2 heterocycles. The van der Waals surface area contributed by atoms with Crippen molar-refractivity contribution in [2.45, 2.75) is 33.2 Å². The van der Waals surface area contributed by atoms with Crippen LogP contribution in [0, 0.1) is 11.2 Å². The zero-order chi connectivity index (χ0) is 22.8. The van der Waals surface area contributed by atoms with E-state index < -0.39 is 23.7 Å². The van der Waals surface area contributed by atoms with Gasteiger partial charge < -0.3 is 22.1 Å². The molecule has 31 heavy (non-hydrogen) atoms. The van der Waals surface area contributed by atoms with Gasteiger partial charge in [-0.1, -0.05) is 26.8 Å². The summed E-state index contributed by atoms with van der Waals surface area (Å²) >= 11 is 0. The number of rotatable bonds is 7. The van der Waals surface area contributed by atoms with Gasteiger partial charge in [-0.25, -0.2) is 9.37 Å². The minimum atomic E-state index is -0.752. The molecule has 162 valence electrons. The molecule has 8 nitrogen and oxygen atoms in total. The van der Waals surface area contributed by atoms with Gasteiger partial charge in [-0.05, 0) is 36.1 Å². The predicted octanol–water partition coefficient (Wildman–Crippen LogP) is 3.31. The van der Waals surface area contributed by atoms with E-state index >= 15 is 0 Å². The normalized spacial score (nSPS) is 12.4. The fourth-order valence-corrected chi connectivity index (χ4v) is 3.25. The summed E-state index contributed by atoms with van der Waals surface area (Å²) in [7, 11) is 0. The van der Waals surface area contributed by atoms with Crippen LogP contribution in [0.15, 0.2) is 42.7 Å². The van der Waals surface area contributed by atoms with Gasteiger partial charge in [-0.15, -0.1) is 0 Å². The summed E-state index contributed by atoms with van der Waals surface area (Å²) in [6, 6.07) is 7.33. The lowest BCUT2D eigenvalue weighted by Gasteiger charge is -2.25.